The van der Waals surface area contributed by atoms with Crippen molar-refractivity contribution in [3.63, 3.8) is 0 Å². The first-order chi connectivity index (χ1) is 9.19. The largest absolute Gasteiger partial charge is 0.360 e. The Kier molecular flexibility index (Phi) is 4.15. The third-order valence-electron chi connectivity index (χ3n) is 2.13. The first-order valence-corrected chi connectivity index (χ1v) is 6.38. The second-order valence-electron chi connectivity index (χ2n) is 3.63. The highest BCUT2D eigenvalue weighted by Crippen LogP contribution is 2.19. The van der Waals surface area contributed by atoms with Crippen LogP contribution in [0.4, 0.5) is 5.82 Å². The van der Waals surface area contributed by atoms with E-state index in [4.69, 9.17) is 9.78 Å². The number of nitriles is 1. The van der Waals surface area contributed by atoms with Gasteiger partial charge in [-0.2, -0.15) is 5.26 Å². The number of hydrogen-bond acceptors (Lipinski definition) is 6. The molecule has 2 heterocycles. The van der Waals surface area contributed by atoms with Gasteiger partial charge >= 0.3 is 0 Å². The van der Waals surface area contributed by atoms with E-state index in [0.717, 1.165) is 0 Å². The quantitative estimate of drug-likeness (QED) is 0.857. The van der Waals surface area contributed by atoms with E-state index >= 15 is 0 Å². The van der Waals surface area contributed by atoms with Gasteiger partial charge in [-0.25, -0.2) is 4.98 Å². The fourth-order valence-corrected chi connectivity index (χ4v) is 2.07. The highest BCUT2D eigenvalue weighted by Gasteiger charge is 2.09. The molecule has 0 aliphatic heterocycles. The van der Waals surface area contributed by atoms with Gasteiger partial charge in [-0.1, -0.05) is 16.9 Å². The average molecular weight is 274 g/mol. The van der Waals surface area contributed by atoms with Crippen molar-refractivity contribution in [3.8, 4) is 6.07 Å². The Balaban J connectivity index is 1.92. The number of aryl methyl sites for hydroxylation is 1. The van der Waals surface area contributed by atoms with Gasteiger partial charge < -0.3 is 9.84 Å². The van der Waals surface area contributed by atoms with Crippen molar-refractivity contribution in [1.82, 2.24) is 10.1 Å². The summed E-state index contributed by atoms with van der Waals surface area (Å²) in [5.74, 6) is 0.925. The minimum absolute atomic E-state index is 0.150. The van der Waals surface area contributed by atoms with Crippen LogP contribution in [-0.4, -0.2) is 21.8 Å². The lowest BCUT2D eigenvalue weighted by molar-refractivity contribution is -0.113. The van der Waals surface area contributed by atoms with Crippen molar-refractivity contribution >= 4 is 23.5 Å². The molecule has 0 fully saturated rings. The molecule has 96 valence electrons. The lowest BCUT2D eigenvalue weighted by Gasteiger charge is -2.02. The molecule has 2 aromatic heterocycles. The summed E-state index contributed by atoms with van der Waals surface area (Å²) >= 11 is 1.20. The maximum absolute atomic E-state index is 11.7. The topological polar surface area (TPSA) is 91.8 Å². The number of carbonyl (C=O) groups excluding carboxylic acids is 1. The van der Waals surface area contributed by atoms with Crippen molar-refractivity contribution in [2.24, 2.45) is 0 Å². The molecule has 0 saturated heterocycles. The van der Waals surface area contributed by atoms with E-state index in [1.807, 2.05) is 6.07 Å². The number of nitrogens with one attached hydrogen (secondary N) is 1. The molecule has 6 nitrogen and oxygen atoms in total. The number of pyridine rings is 1. The third-order valence-corrected chi connectivity index (χ3v) is 3.13. The molecule has 0 unspecified atom stereocenters. The molecule has 2 aromatic rings. The number of hydrogen-bond donors (Lipinski definition) is 1. The summed E-state index contributed by atoms with van der Waals surface area (Å²) in [5.41, 5.74) is 0.456. The van der Waals surface area contributed by atoms with Crippen LogP contribution in [0.2, 0.25) is 0 Å². The second-order valence-corrected chi connectivity index (χ2v) is 4.59. The number of amides is 1. The highest BCUT2D eigenvalue weighted by atomic mass is 32.2. The van der Waals surface area contributed by atoms with Gasteiger partial charge in [0.2, 0.25) is 5.91 Å². The summed E-state index contributed by atoms with van der Waals surface area (Å²) in [5, 5.41) is 15.7. The minimum atomic E-state index is -0.229. The summed E-state index contributed by atoms with van der Waals surface area (Å²) < 4.78 is 4.84. The Bertz CT molecular complexity index is 633. The van der Waals surface area contributed by atoms with Gasteiger partial charge in [0.1, 0.15) is 16.9 Å². The molecule has 0 radical (unpaired) electrons. The van der Waals surface area contributed by atoms with Crippen LogP contribution < -0.4 is 5.32 Å². The summed E-state index contributed by atoms with van der Waals surface area (Å²) in [6.45, 7) is 1.74. The minimum Gasteiger partial charge on any atom is -0.360 e. The van der Waals surface area contributed by atoms with Crippen molar-refractivity contribution in [1.29, 1.82) is 5.26 Å². The van der Waals surface area contributed by atoms with E-state index < -0.39 is 0 Å². The number of anilines is 1. The molecule has 0 aromatic carbocycles. The van der Waals surface area contributed by atoms with Crippen LogP contribution in [0.15, 0.2) is 33.9 Å². The molecule has 2 rings (SSSR count). The Morgan fingerprint density at radius 3 is 3.16 bits per heavy atom. The maximum Gasteiger partial charge on any atom is 0.236 e. The van der Waals surface area contributed by atoms with E-state index in [-0.39, 0.29) is 11.7 Å². The van der Waals surface area contributed by atoms with Crippen LogP contribution in [0.1, 0.15) is 11.3 Å². The predicted octanol–water partition coefficient (Wildman–Crippen LogP) is 1.98. The average Bonchev–Trinajstić information content (AvgIpc) is 2.82. The summed E-state index contributed by atoms with van der Waals surface area (Å²) in [4.78, 5) is 15.7. The Morgan fingerprint density at radius 1 is 1.63 bits per heavy atom. The molecule has 7 heteroatoms. The van der Waals surface area contributed by atoms with Crippen molar-refractivity contribution in [2.45, 2.75) is 11.9 Å². The zero-order valence-electron chi connectivity index (χ0n) is 10.1. The molecular weight excluding hydrogens is 264 g/mol. The first-order valence-electron chi connectivity index (χ1n) is 5.40. The van der Waals surface area contributed by atoms with E-state index in [2.05, 4.69) is 15.5 Å². The van der Waals surface area contributed by atoms with E-state index in [1.54, 1.807) is 31.3 Å². The third kappa shape index (κ3) is 3.56. The Labute approximate surface area is 113 Å². The van der Waals surface area contributed by atoms with Crippen LogP contribution in [0.25, 0.3) is 0 Å². The zero-order valence-corrected chi connectivity index (χ0v) is 10.9. The molecule has 0 aliphatic rings. The molecule has 0 spiro atoms. The Morgan fingerprint density at radius 2 is 2.47 bits per heavy atom. The van der Waals surface area contributed by atoms with Gasteiger partial charge in [-0.15, -0.1) is 0 Å². The monoisotopic (exact) mass is 274 g/mol. The van der Waals surface area contributed by atoms with E-state index in [1.165, 1.54) is 11.8 Å². The van der Waals surface area contributed by atoms with E-state index in [9.17, 15) is 4.79 Å². The second kappa shape index (κ2) is 6.02. The van der Waals surface area contributed by atoms with Gasteiger partial charge in [0.15, 0.2) is 5.82 Å². The van der Waals surface area contributed by atoms with Gasteiger partial charge in [0, 0.05) is 12.3 Å². The number of carbonyl (C=O) groups is 1. The van der Waals surface area contributed by atoms with Crippen LogP contribution in [0, 0.1) is 18.3 Å². The van der Waals surface area contributed by atoms with Crippen LogP contribution >= 0.6 is 11.8 Å². The zero-order chi connectivity index (χ0) is 13.7. The summed E-state index contributed by atoms with van der Waals surface area (Å²) in [7, 11) is 0. The molecule has 0 saturated carbocycles. The number of thioether (sulfide) groups is 1. The smallest absolute Gasteiger partial charge is 0.236 e. The van der Waals surface area contributed by atoms with E-state index in [0.29, 0.717) is 22.2 Å². The molecule has 0 bridgehead atoms. The normalized spacial score (nSPS) is 9.89. The maximum atomic E-state index is 11.7. The van der Waals surface area contributed by atoms with Crippen molar-refractivity contribution in [2.75, 3.05) is 11.1 Å². The molecule has 0 atom stereocenters. The fraction of sp³-hybridized carbons (Fsp3) is 0.167. The van der Waals surface area contributed by atoms with Gasteiger partial charge in [-0.05, 0) is 19.1 Å². The van der Waals surface area contributed by atoms with Crippen LogP contribution in [0.3, 0.4) is 0 Å². The van der Waals surface area contributed by atoms with Crippen LogP contribution in [0.5, 0.6) is 0 Å². The van der Waals surface area contributed by atoms with Crippen molar-refractivity contribution in [3.05, 3.63) is 35.7 Å². The SMILES string of the molecule is Cc1cc(NC(=O)CSc2ncccc2C#N)no1. The summed E-state index contributed by atoms with van der Waals surface area (Å²) in [6.07, 6.45) is 1.59. The Hall–Kier alpha value is -2.33. The van der Waals surface area contributed by atoms with Crippen LogP contribution in [-0.2, 0) is 4.79 Å². The molecule has 1 amide bonds. The molecule has 0 aliphatic carbocycles. The lowest BCUT2D eigenvalue weighted by Crippen LogP contribution is -2.14. The molecule has 1 N–H and O–H groups in total. The van der Waals surface area contributed by atoms with Gasteiger partial charge in [0.25, 0.3) is 0 Å². The lowest BCUT2D eigenvalue weighted by atomic mass is 10.3. The number of nitrogens with zero attached hydrogens (tertiary/aromatic N) is 3. The number of rotatable bonds is 4. The van der Waals surface area contributed by atoms with Crippen molar-refractivity contribution < 1.29 is 9.32 Å². The fourth-order valence-electron chi connectivity index (χ4n) is 1.33. The standard InChI is InChI=1S/C12H10N4O2S/c1-8-5-10(16-18-8)15-11(17)7-19-12-9(6-13)3-2-4-14-12/h2-5H,7H2,1H3,(H,15,16,17). The van der Waals surface area contributed by atoms with Gasteiger partial charge in [0.05, 0.1) is 11.3 Å². The summed E-state index contributed by atoms with van der Waals surface area (Å²) in [6, 6.07) is 7.00. The first kappa shape index (κ1) is 13.1. The molecular formula is C12H10N4O2S. The highest BCUT2D eigenvalue weighted by molar-refractivity contribution is 8.00. The van der Waals surface area contributed by atoms with Gasteiger partial charge in [-0.3, -0.25) is 4.79 Å². The molecule has 19 heavy (non-hydrogen) atoms. The predicted molar refractivity (Wildman–Crippen MR) is 69.5 cm³/mol. The number of aromatic nitrogens is 2.